The molecule has 0 atom stereocenters. The molecule has 0 unspecified atom stereocenters. The molecule has 0 spiro atoms. The molecule has 0 saturated carbocycles. The molecule has 0 fully saturated rings. The zero-order chi connectivity index (χ0) is 18.9. The summed E-state index contributed by atoms with van der Waals surface area (Å²) in [6.07, 6.45) is 1.60. The summed E-state index contributed by atoms with van der Waals surface area (Å²) in [7, 11) is 0. The minimum atomic E-state index is -0.141. The highest BCUT2D eigenvalue weighted by molar-refractivity contribution is 8.00. The van der Waals surface area contributed by atoms with Crippen molar-refractivity contribution >= 4 is 44.7 Å². The van der Waals surface area contributed by atoms with Crippen molar-refractivity contribution in [3.05, 3.63) is 75.7 Å². The number of thiophene rings is 1. The van der Waals surface area contributed by atoms with Crippen LogP contribution in [-0.2, 0) is 5.75 Å². The number of benzene rings is 1. The quantitative estimate of drug-likeness (QED) is 0.369. The summed E-state index contributed by atoms with van der Waals surface area (Å²) >= 11 is 4.62. The Labute approximate surface area is 172 Å². The van der Waals surface area contributed by atoms with Crippen LogP contribution in [0.4, 0.5) is 0 Å². The van der Waals surface area contributed by atoms with Crippen LogP contribution >= 0.6 is 34.4 Å². The molecule has 0 radical (unpaired) electrons. The molecule has 8 heteroatoms. The van der Waals surface area contributed by atoms with Crippen LogP contribution in [-0.4, -0.2) is 15.0 Å². The molecular formula is C20H13N3O2S3. The molecule has 4 aromatic heterocycles. The lowest BCUT2D eigenvalue weighted by Crippen LogP contribution is -2.10. The summed E-state index contributed by atoms with van der Waals surface area (Å²) in [6, 6.07) is 13.7. The van der Waals surface area contributed by atoms with Crippen molar-refractivity contribution < 1.29 is 4.42 Å². The number of thioether (sulfide) groups is 1. The van der Waals surface area contributed by atoms with Gasteiger partial charge in [0.05, 0.1) is 23.1 Å². The van der Waals surface area contributed by atoms with Gasteiger partial charge in [0.1, 0.15) is 16.4 Å². The zero-order valence-corrected chi connectivity index (χ0v) is 16.9. The maximum Gasteiger partial charge on any atom is 0.260 e. The van der Waals surface area contributed by atoms with Gasteiger partial charge in [0.2, 0.25) is 0 Å². The van der Waals surface area contributed by atoms with Crippen molar-refractivity contribution in [3.63, 3.8) is 0 Å². The summed E-state index contributed by atoms with van der Waals surface area (Å²) < 4.78 is 6.38. The average Bonchev–Trinajstić information content (AvgIpc) is 3.46. The summed E-state index contributed by atoms with van der Waals surface area (Å²) in [6.45, 7) is 0. The van der Waals surface area contributed by atoms with E-state index in [9.17, 15) is 4.79 Å². The first-order valence-corrected chi connectivity index (χ1v) is 11.2. The second-order valence-corrected chi connectivity index (χ2v) is 8.91. The van der Waals surface area contributed by atoms with Gasteiger partial charge in [0, 0.05) is 21.9 Å². The highest BCUT2D eigenvalue weighted by Crippen LogP contribution is 2.32. The number of thiazole rings is 1. The van der Waals surface area contributed by atoms with Crippen LogP contribution in [0.15, 0.2) is 73.0 Å². The number of hydrogen-bond donors (Lipinski definition) is 1. The molecule has 0 aliphatic rings. The lowest BCUT2D eigenvalue weighted by atomic mass is 10.2. The number of aromatic nitrogens is 3. The maximum absolute atomic E-state index is 12.6. The van der Waals surface area contributed by atoms with E-state index in [4.69, 9.17) is 4.42 Å². The van der Waals surface area contributed by atoms with E-state index >= 15 is 0 Å². The topological polar surface area (TPSA) is 71.8 Å². The number of furan rings is 1. The third-order valence-electron chi connectivity index (χ3n) is 4.16. The number of fused-ring (bicyclic) bond motifs is 1. The van der Waals surface area contributed by atoms with Gasteiger partial charge in [-0.3, -0.25) is 4.79 Å². The molecule has 0 aliphatic heterocycles. The van der Waals surface area contributed by atoms with Crippen LogP contribution in [0.3, 0.4) is 0 Å². The molecule has 5 nitrogen and oxygen atoms in total. The lowest BCUT2D eigenvalue weighted by molar-refractivity contribution is 0.583. The van der Waals surface area contributed by atoms with E-state index < -0.39 is 0 Å². The Bertz CT molecular complexity index is 1290. The number of H-pyrrole nitrogens is 1. The number of rotatable bonds is 5. The Balaban J connectivity index is 1.38. The maximum atomic E-state index is 12.6. The number of nitrogens with one attached hydrogen (secondary N) is 1. The summed E-state index contributed by atoms with van der Waals surface area (Å²) in [5.74, 6) is 1.88. The van der Waals surface area contributed by atoms with Gasteiger partial charge in [-0.15, -0.1) is 22.7 Å². The monoisotopic (exact) mass is 423 g/mol. The Morgan fingerprint density at radius 2 is 1.93 bits per heavy atom. The van der Waals surface area contributed by atoms with Gasteiger partial charge >= 0.3 is 0 Å². The molecule has 0 saturated heterocycles. The van der Waals surface area contributed by atoms with Gasteiger partial charge < -0.3 is 9.40 Å². The fourth-order valence-electron chi connectivity index (χ4n) is 2.87. The van der Waals surface area contributed by atoms with E-state index in [0.717, 1.165) is 26.0 Å². The van der Waals surface area contributed by atoms with Crippen LogP contribution in [0.5, 0.6) is 0 Å². The van der Waals surface area contributed by atoms with E-state index in [1.54, 1.807) is 29.4 Å². The fourth-order valence-corrected chi connectivity index (χ4v) is 5.52. The van der Waals surface area contributed by atoms with Gasteiger partial charge in [-0.05, 0) is 12.1 Å². The Hall–Kier alpha value is -2.68. The standard InChI is InChI=1S/C20H13N3O2S3/c24-18-17-13(15-7-4-8-25-15)9-26-19(17)23-16(22-18)11-28-20-21-14(10-27-20)12-5-2-1-3-6-12/h1-10H,11H2,(H,22,23,24). The number of aromatic amines is 1. The van der Waals surface area contributed by atoms with Crippen molar-refractivity contribution in [2.24, 2.45) is 0 Å². The minimum Gasteiger partial charge on any atom is -0.464 e. The van der Waals surface area contributed by atoms with Gasteiger partial charge in [0.25, 0.3) is 5.56 Å². The van der Waals surface area contributed by atoms with Crippen molar-refractivity contribution in [3.8, 4) is 22.6 Å². The zero-order valence-electron chi connectivity index (χ0n) is 14.4. The van der Waals surface area contributed by atoms with Crippen LogP contribution in [0, 0.1) is 0 Å². The highest BCUT2D eigenvalue weighted by Gasteiger charge is 2.15. The van der Waals surface area contributed by atoms with Gasteiger partial charge in [0.15, 0.2) is 4.34 Å². The van der Waals surface area contributed by atoms with Crippen molar-refractivity contribution in [2.75, 3.05) is 0 Å². The van der Waals surface area contributed by atoms with Gasteiger partial charge in [-0.1, -0.05) is 42.1 Å². The summed E-state index contributed by atoms with van der Waals surface area (Å²) in [5, 5.41) is 4.54. The molecule has 138 valence electrons. The third kappa shape index (κ3) is 3.30. The first-order chi connectivity index (χ1) is 13.8. The van der Waals surface area contributed by atoms with Crippen molar-refractivity contribution in [1.29, 1.82) is 0 Å². The molecule has 0 amide bonds. The normalized spacial score (nSPS) is 11.3. The summed E-state index contributed by atoms with van der Waals surface area (Å²) in [4.78, 5) is 25.5. The van der Waals surface area contributed by atoms with Crippen LogP contribution in [0.25, 0.3) is 32.8 Å². The molecule has 5 aromatic rings. The molecule has 4 heterocycles. The Morgan fingerprint density at radius 1 is 1.04 bits per heavy atom. The Kier molecular flexibility index (Phi) is 4.59. The predicted octanol–water partition coefficient (Wildman–Crippen LogP) is 5.66. The minimum absolute atomic E-state index is 0.141. The molecule has 5 rings (SSSR count). The number of nitrogens with zero attached hydrogens (tertiary/aromatic N) is 2. The second kappa shape index (κ2) is 7.38. The molecule has 0 bridgehead atoms. The molecule has 0 aliphatic carbocycles. The highest BCUT2D eigenvalue weighted by atomic mass is 32.2. The van der Waals surface area contributed by atoms with E-state index in [-0.39, 0.29) is 5.56 Å². The molecule has 1 N–H and O–H groups in total. The van der Waals surface area contributed by atoms with Gasteiger partial charge in [-0.25, -0.2) is 9.97 Å². The summed E-state index contributed by atoms with van der Waals surface area (Å²) in [5.41, 5.74) is 2.71. The van der Waals surface area contributed by atoms with E-state index in [2.05, 4.69) is 15.0 Å². The smallest absolute Gasteiger partial charge is 0.260 e. The van der Waals surface area contributed by atoms with Crippen LogP contribution in [0.2, 0.25) is 0 Å². The fraction of sp³-hybridized carbons (Fsp3) is 0.0500. The lowest BCUT2D eigenvalue weighted by Gasteiger charge is -2.00. The van der Waals surface area contributed by atoms with Crippen LogP contribution in [0.1, 0.15) is 5.82 Å². The van der Waals surface area contributed by atoms with E-state index in [1.807, 2.05) is 53.2 Å². The second-order valence-electron chi connectivity index (χ2n) is 5.97. The number of hydrogen-bond acceptors (Lipinski definition) is 7. The molecule has 1 aromatic carbocycles. The van der Waals surface area contributed by atoms with E-state index in [0.29, 0.717) is 22.7 Å². The van der Waals surface area contributed by atoms with Crippen molar-refractivity contribution in [1.82, 2.24) is 15.0 Å². The average molecular weight is 424 g/mol. The van der Waals surface area contributed by atoms with Gasteiger partial charge in [-0.2, -0.15) is 0 Å². The molecular weight excluding hydrogens is 410 g/mol. The molecule has 28 heavy (non-hydrogen) atoms. The first kappa shape index (κ1) is 17.4. The van der Waals surface area contributed by atoms with Crippen molar-refractivity contribution in [2.45, 2.75) is 10.1 Å². The van der Waals surface area contributed by atoms with Crippen LogP contribution < -0.4 is 5.56 Å². The predicted molar refractivity (Wildman–Crippen MR) is 115 cm³/mol. The van der Waals surface area contributed by atoms with E-state index in [1.165, 1.54) is 11.3 Å². The first-order valence-electron chi connectivity index (χ1n) is 8.46. The Morgan fingerprint density at radius 3 is 2.75 bits per heavy atom. The third-order valence-corrected chi connectivity index (χ3v) is 7.07. The largest absolute Gasteiger partial charge is 0.464 e. The SMILES string of the molecule is O=c1[nH]c(CSc2nc(-c3ccccc3)cs2)nc2scc(-c3ccco3)c12.